The van der Waals surface area contributed by atoms with Gasteiger partial charge in [-0.05, 0) is 52.1 Å². The zero-order valence-corrected chi connectivity index (χ0v) is 16.1. The van der Waals surface area contributed by atoms with Crippen LogP contribution >= 0.6 is 11.5 Å². The zero-order valence-electron chi connectivity index (χ0n) is 15.3. The van der Waals surface area contributed by atoms with Crippen LogP contribution in [-0.2, 0) is 12.8 Å². The SMILES string of the molecule is CCCc1nsc(N2CN(C(C)C)CN(C(C)C)C2=O)c1CC. The molecule has 1 aliphatic heterocycles. The maximum Gasteiger partial charge on any atom is 0.327 e. The van der Waals surface area contributed by atoms with Crippen molar-refractivity contribution in [2.75, 3.05) is 18.2 Å². The van der Waals surface area contributed by atoms with Crippen molar-refractivity contribution in [3.63, 3.8) is 0 Å². The van der Waals surface area contributed by atoms with Gasteiger partial charge in [0, 0.05) is 17.6 Å². The minimum atomic E-state index is 0.110. The third-order valence-electron chi connectivity index (χ3n) is 4.42. The first kappa shape index (κ1) is 18.2. The third-order valence-corrected chi connectivity index (χ3v) is 5.37. The number of nitrogens with zero attached hydrogens (tertiary/aromatic N) is 4. The van der Waals surface area contributed by atoms with Gasteiger partial charge in [0.25, 0.3) is 0 Å². The highest BCUT2D eigenvalue weighted by Gasteiger charge is 2.35. The van der Waals surface area contributed by atoms with Crippen LogP contribution in [0, 0.1) is 0 Å². The number of hydrogen-bond acceptors (Lipinski definition) is 4. The molecule has 1 aromatic heterocycles. The van der Waals surface area contributed by atoms with Crippen molar-refractivity contribution in [2.24, 2.45) is 0 Å². The van der Waals surface area contributed by atoms with Gasteiger partial charge in [-0.2, -0.15) is 4.37 Å². The summed E-state index contributed by atoms with van der Waals surface area (Å²) in [5, 5.41) is 1.04. The summed E-state index contributed by atoms with van der Waals surface area (Å²) in [5.41, 5.74) is 2.42. The molecule has 6 heteroatoms. The lowest BCUT2D eigenvalue weighted by molar-refractivity contribution is 0.0789. The van der Waals surface area contributed by atoms with Gasteiger partial charge in [-0.25, -0.2) is 4.79 Å². The van der Waals surface area contributed by atoms with Crippen molar-refractivity contribution < 1.29 is 4.79 Å². The van der Waals surface area contributed by atoms with Crippen molar-refractivity contribution in [3.05, 3.63) is 11.3 Å². The summed E-state index contributed by atoms with van der Waals surface area (Å²) in [4.78, 5) is 19.2. The second-order valence-corrected chi connectivity index (χ2v) is 7.51. The molecule has 1 aromatic rings. The Labute approximate surface area is 144 Å². The standard InChI is InChI=1S/C17H30N4OS/c1-7-9-15-14(8-2)16(23-18-15)21-11-19(12(3)4)10-20(13(5)6)17(21)22/h12-13H,7-11H2,1-6H3. The Kier molecular flexibility index (Phi) is 6.03. The lowest BCUT2D eigenvalue weighted by atomic mass is 10.1. The molecule has 2 rings (SSSR count). The van der Waals surface area contributed by atoms with Gasteiger partial charge < -0.3 is 4.90 Å². The highest BCUT2D eigenvalue weighted by atomic mass is 32.1. The molecule has 1 aliphatic rings. The van der Waals surface area contributed by atoms with E-state index in [1.165, 1.54) is 22.8 Å². The van der Waals surface area contributed by atoms with Gasteiger partial charge in [0.1, 0.15) is 5.00 Å². The first-order valence-corrected chi connectivity index (χ1v) is 9.47. The predicted molar refractivity (Wildman–Crippen MR) is 97.0 cm³/mol. The van der Waals surface area contributed by atoms with Gasteiger partial charge >= 0.3 is 6.03 Å². The molecule has 0 radical (unpaired) electrons. The van der Waals surface area contributed by atoms with E-state index in [9.17, 15) is 4.79 Å². The molecular weight excluding hydrogens is 308 g/mol. The summed E-state index contributed by atoms with van der Waals surface area (Å²) in [7, 11) is 0. The van der Waals surface area contributed by atoms with E-state index >= 15 is 0 Å². The summed E-state index contributed by atoms with van der Waals surface area (Å²) in [6, 6.07) is 0.706. The molecule has 0 bridgehead atoms. The number of carbonyl (C=O) groups is 1. The molecule has 0 unspecified atom stereocenters. The van der Waals surface area contributed by atoms with Gasteiger partial charge in [-0.15, -0.1) is 0 Å². The number of aromatic nitrogens is 1. The van der Waals surface area contributed by atoms with E-state index in [-0.39, 0.29) is 12.1 Å². The van der Waals surface area contributed by atoms with E-state index in [4.69, 9.17) is 0 Å². The fourth-order valence-electron chi connectivity index (χ4n) is 2.89. The topological polar surface area (TPSA) is 39.7 Å². The molecule has 2 heterocycles. The van der Waals surface area contributed by atoms with Crippen LogP contribution in [0.25, 0.3) is 0 Å². The molecule has 5 nitrogen and oxygen atoms in total. The summed E-state index contributed by atoms with van der Waals surface area (Å²) in [5.74, 6) is 0. The normalized spacial score (nSPS) is 17.0. The van der Waals surface area contributed by atoms with Gasteiger partial charge in [0.15, 0.2) is 0 Å². The Morgan fingerprint density at radius 3 is 2.35 bits per heavy atom. The first-order chi connectivity index (χ1) is 10.9. The summed E-state index contributed by atoms with van der Waals surface area (Å²) in [6.45, 7) is 14.2. The van der Waals surface area contributed by atoms with E-state index in [0.29, 0.717) is 19.4 Å². The monoisotopic (exact) mass is 338 g/mol. The largest absolute Gasteiger partial charge is 0.327 e. The smallest absolute Gasteiger partial charge is 0.309 e. The molecule has 2 amide bonds. The summed E-state index contributed by atoms with van der Waals surface area (Å²) in [6.07, 6.45) is 3.00. The van der Waals surface area contributed by atoms with Crippen LogP contribution < -0.4 is 4.90 Å². The zero-order chi connectivity index (χ0) is 17.1. The molecule has 0 aliphatic carbocycles. The first-order valence-electron chi connectivity index (χ1n) is 8.70. The van der Waals surface area contributed by atoms with E-state index in [1.807, 2.05) is 9.80 Å². The van der Waals surface area contributed by atoms with Crippen molar-refractivity contribution in [3.8, 4) is 0 Å². The summed E-state index contributed by atoms with van der Waals surface area (Å²) >= 11 is 1.48. The van der Waals surface area contributed by atoms with Crippen LogP contribution in [0.15, 0.2) is 0 Å². The van der Waals surface area contributed by atoms with Crippen molar-refractivity contribution >= 4 is 22.6 Å². The Hall–Kier alpha value is -1.14. The van der Waals surface area contributed by atoms with E-state index in [0.717, 1.165) is 24.3 Å². The average molecular weight is 339 g/mol. The average Bonchev–Trinajstić information content (AvgIpc) is 2.89. The number of amides is 2. The number of anilines is 1. The van der Waals surface area contributed by atoms with Crippen LogP contribution in [0.5, 0.6) is 0 Å². The van der Waals surface area contributed by atoms with E-state index < -0.39 is 0 Å². The molecule has 1 saturated heterocycles. The molecule has 0 N–H and O–H groups in total. The highest BCUT2D eigenvalue weighted by molar-refractivity contribution is 7.10. The number of aryl methyl sites for hydroxylation is 1. The van der Waals surface area contributed by atoms with Crippen molar-refractivity contribution in [1.82, 2.24) is 14.2 Å². The van der Waals surface area contributed by atoms with Gasteiger partial charge in [0.05, 0.1) is 19.0 Å². The lowest BCUT2D eigenvalue weighted by Gasteiger charge is -2.45. The lowest BCUT2D eigenvalue weighted by Crippen LogP contribution is -2.61. The van der Waals surface area contributed by atoms with Crippen LogP contribution in [0.2, 0.25) is 0 Å². The molecule has 23 heavy (non-hydrogen) atoms. The third kappa shape index (κ3) is 3.69. The van der Waals surface area contributed by atoms with Crippen molar-refractivity contribution in [2.45, 2.75) is 72.9 Å². The quantitative estimate of drug-likeness (QED) is 0.789. The van der Waals surface area contributed by atoms with Gasteiger partial charge in [0.2, 0.25) is 0 Å². The number of hydrogen-bond donors (Lipinski definition) is 0. The molecule has 0 saturated carbocycles. The van der Waals surface area contributed by atoms with Crippen LogP contribution in [-0.4, -0.2) is 45.6 Å². The number of rotatable bonds is 6. The molecule has 0 atom stereocenters. The number of urea groups is 1. The Balaban J connectivity index is 2.37. The highest BCUT2D eigenvalue weighted by Crippen LogP contribution is 2.33. The van der Waals surface area contributed by atoms with Gasteiger partial charge in [-0.3, -0.25) is 9.80 Å². The maximum absolute atomic E-state index is 13.0. The minimum absolute atomic E-state index is 0.110. The second kappa shape index (κ2) is 7.62. The fourth-order valence-corrected chi connectivity index (χ4v) is 3.90. The van der Waals surface area contributed by atoms with E-state index in [2.05, 4.69) is 50.8 Å². The van der Waals surface area contributed by atoms with Crippen LogP contribution in [0.1, 0.15) is 59.2 Å². The molecule has 0 aromatic carbocycles. The Morgan fingerprint density at radius 2 is 1.83 bits per heavy atom. The molecule has 1 fully saturated rings. The van der Waals surface area contributed by atoms with Crippen molar-refractivity contribution in [1.29, 1.82) is 0 Å². The Bertz CT molecular complexity index is 541. The maximum atomic E-state index is 13.0. The molecular formula is C17H30N4OS. The van der Waals surface area contributed by atoms with Crippen LogP contribution in [0.3, 0.4) is 0 Å². The van der Waals surface area contributed by atoms with Gasteiger partial charge in [-0.1, -0.05) is 20.3 Å². The minimum Gasteiger partial charge on any atom is -0.309 e. The van der Waals surface area contributed by atoms with E-state index in [1.54, 1.807) is 0 Å². The number of carbonyl (C=O) groups excluding carboxylic acids is 1. The Morgan fingerprint density at radius 1 is 1.13 bits per heavy atom. The molecule has 0 spiro atoms. The summed E-state index contributed by atoms with van der Waals surface area (Å²) < 4.78 is 4.64. The molecule has 130 valence electrons. The second-order valence-electron chi connectivity index (χ2n) is 6.76. The predicted octanol–water partition coefficient (Wildman–Crippen LogP) is 3.93. The fraction of sp³-hybridized carbons (Fsp3) is 0.765. The van der Waals surface area contributed by atoms with Crippen LogP contribution in [0.4, 0.5) is 9.80 Å².